The fourth-order valence-corrected chi connectivity index (χ4v) is 3.77. The lowest BCUT2D eigenvalue weighted by Gasteiger charge is -2.21. The van der Waals surface area contributed by atoms with Crippen molar-refractivity contribution in [1.82, 2.24) is 0 Å². The van der Waals surface area contributed by atoms with Gasteiger partial charge < -0.3 is 11.1 Å². The molecule has 1 heterocycles. The molecule has 24 heavy (non-hydrogen) atoms. The zero-order valence-electron chi connectivity index (χ0n) is 12.1. The van der Waals surface area contributed by atoms with E-state index in [2.05, 4.69) is 12.0 Å². The zero-order chi connectivity index (χ0) is 18.1. The van der Waals surface area contributed by atoms with Gasteiger partial charge in [0.15, 0.2) is 0 Å². The van der Waals surface area contributed by atoms with Crippen LogP contribution in [0.5, 0.6) is 0 Å². The maximum absolute atomic E-state index is 12.6. The Morgan fingerprint density at radius 1 is 1.12 bits per heavy atom. The fourth-order valence-electron chi connectivity index (χ4n) is 2.53. The molecule has 2 rings (SSSR count). The summed E-state index contributed by atoms with van der Waals surface area (Å²) in [6, 6.07) is 2.08. The average Bonchev–Trinajstić information content (AvgIpc) is 2.74. The number of hydrogen-bond donors (Lipinski definition) is 2. The molecule has 132 valence electrons. The molecule has 0 aliphatic heterocycles. The van der Waals surface area contributed by atoms with Crippen LogP contribution in [0.15, 0.2) is 0 Å². The summed E-state index contributed by atoms with van der Waals surface area (Å²) in [5.41, 5.74) is 6.06. The highest BCUT2D eigenvalue weighted by Gasteiger charge is 2.61. The van der Waals surface area contributed by atoms with E-state index in [0.29, 0.717) is 12.8 Å². The van der Waals surface area contributed by atoms with Crippen molar-refractivity contribution in [3.63, 3.8) is 0 Å². The molecule has 0 spiro atoms. The summed E-state index contributed by atoms with van der Waals surface area (Å²) < 4.78 is 75.7. The van der Waals surface area contributed by atoms with Gasteiger partial charge in [-0.25, -0.2) is 0 Å². The number of rotatable bonds is 2. The second-order valence-corrected chi connectivity index (χ2v) is 6.30. The molecular formula is C14H12F6N2OS. The monoisotopic (exact) mass is 370 g/mol. The summed E-state index contributed by atoms with van der Waals surface area (Å²) in [6.07, 6.45) is -8.57. The van der Waals surface area contributed by atoms with Gasteiger partial charge in [-0.1, -0.05) is 0 Å². The number of hydrogen-bond acceptors (Lipinski definition) is 3. The van der Waals surface area contributed by atoms with Crippen LogP contribution >= 0.6 is 11.3 Å². The average molecular weight is 370 g/mol. The fraction of sp³-hybridized carbons (Fsp3) is 0.500. The summed E-state index contributed by atoms with van der Waals surface area (Å²) in [6.45, 7) is 0. The number of amides is 1. The quantitative estimate of drug-likeness (QED) is 0.475. The van der Waals surface area contributed by atoms with Crippen LogP contribution in [-0.2, 0) is 17.6 Å². The highest BCUT2D eigenvalue weighted by atomic mass is 32.1. The maximum Gasteiger partial charge on any atom is 0.409 e. The van der Waals surface area contributed by atoms with E-state index in [0.717, 1.165) is 34.6 Å². The smallest absolute Gasteiger partial charge is 0.359 e. The molecule has 0 radical (unpaired) electrons. The number of alkyl halides is 6. The Hall–Kier alpha value is -1.89. The van der Waals surface area contributed by atoms with Gasteiger partial charge in [-0.2, -0.15) is 26.3 Å². The Balaban J connectivity index is 2.37. The molecule has 10 heteroatoms. The van der Waals surface area contributed by atoms with E-state index in [-0.39, 0.29) is 10.6 Å². The van der Waals surface area contributed by atoms with E-state index < -0.39 is 24.2 Å². The Bertz CT molecular complexity index is 681. The van der Waals surface area contributed by atoms with E-state index >= 15 is 0 Å². The predicted octanol–water partition coefficient (Wildman–Crippen LogP) is 3.57. The molecule has 1 aliphatic carbocycles. The van der Waals surface area contributed by atoms with Crippen LogP contribution in [0.4, 0.5) is 31.3 Å². The van der Waals surface area contributed by atoms with Gasteiger partial charge >= 0.3 is 12.4 Å². The number of fused-ring (bicyclic) bond motifs is 1. The van der Waals surface area contributed by atoms with E-state index in [1.54, 1.807) is 5.32 Å². The van der Waals surface area contributed by atoms with Gasteiger partial charge in [-0.3, -0.25) is 4.79 Å². The summed E-state index contributed by atoms with van der Waals surface area (Å²) >= 11 is 0.944. The van der Waals surface area contributed by atoms with E-state index in [1.807, 2.05) is 0 Å². The third kappa shape index (κ3) is 3.77. The lowest BCUT2D eigenvalue weighted by atomic mass is 9.96. The number of halogens is 6. The Kier molecular flexibility index (Phi) is 5.03. The van der Waals surface area contributed by atoms with Gasteiger partial charge in [-0.05, 0) is 37.2 Å². The van der Waals surface area contributed by atoms with Gasteiger partial charge in [0.05, 0.1) is 5.56 Å². The topological polar surface area (TPSA) is 55.1 Å². The van der Waals surface area contributed by atoms with Crippen LogP contribution in [-0.4, -0.2) is 18.3 Å². The lowest BCUT2D eigenvalue weighted by Crippen LogP contribution is -2.45. The first-order valence-corrected chi connectivity index (χ1v) is 7.67. The second kappa shape index (κ2) is 6.55. The van der Waals surface area contributed by atoms with E-state index in [9.17, 15) is 31.1 Å². The van der Waals surface area contributed by atoms with Gasteiger partial charge in [0.1, 0.15) is 5.00 Å². The number of thiophene rings is 1. The van der Waals surface area contributed by atoms with Gasteiger partial charge in [-0.15, -0.1) is 11.3 Å². The third-order valence-corrected chi connectivity index (χ3v) is 4.73. The van der Waals surface area contributed by atoms with Crippen molar-refractivity contribution in [2.24, 2.45) is 11.7 Å². The van der Waals surface area contributed by atoms with Crippen molar-refractivity contribution >= 4 is 22.2 Å². The highest BCUT2D eigenvalue weighted by molar-refractivity contribution is 7.16. The first kappa shape index (κ1) is 18.4. The van der Waals surface area contributed by atoms with Gasteiger partial charge in [0, 0.05) is 10.9 Å². The van der Waals surface area contributed by atoms with Crippen LogP contribution in [0.1, 0.15) is 28.8 Å². The molecule has 0 saturated heterocycles. The molecule has 0 saturated carbocycles. The molecule has 1 aliphatic rings. The molecule has 3 N–H and O–H groups in total. The van der Waals surface area contributed by atoms with Crippen molar-refractivity contribution in [3.05, 3.63) is 16.0 Å². The largest absolute Gasteiger partial charge is 0.409 e. The van der Waals surface area contributed by atoms with Crippen LogP contribution in [0.2, 0.25) is 0 Å². The number of aryl methyl sites for hydroxylation is 1. The Morgan fingerprint density at radius 2 is 1.71 bits per heavy atom. The number of nitrogens with two attached hydrogens (primary N) is 1. The summed E-state index contributed by atoms with van der Waals surface area (Å²) in [7, 11) is 0. The Labute approximate surface area is 137 Å². The van der Waals surface area contributed by atoms with Crippen molar-refractivity contribution in [2.75, 3.05) is 5.32 Å². The molecule has 0 aromatic carbocycles. The summed E-state index contributed by atoms with van der Waals surface area (Å²) in [4.78, 5) is 12.4. The maximum atomic E-state index is 12.6. The molecular weight excluding hydrogens is 358 g/mol. The normalized spacial score (nSPS) is 14.8. The van der Waals surface area contributed by atoms with Crippen molar-refractivity contribution in [1.29, 1.82) is 0 Å². The SMILES string of the molecule is NC#Cc1c(NC(=O)C(C(F)(F)F)C(F)(F)F)sc2c1CCCC2. The number of anilines is 1. The first-order valence-electron chi connectivity index (χ1n) is 6.86. The summed E-state index contributed by atoms with van der Waals surface area (Å²) in [5.74, 6) is -3.80. The minimum Gasteiger partial charge on any atom is -0.359 e. The standard InChI is InChI=1S/C14H12F6N2OS/c15-13(16,17)10(14(18,19)20)11(23)22-12-8(5-6-21)7-3-1-2-4-9(7)24-12/h10H,1-4,21H2,(H,22,23). The lowest BCUT2D eigenvalue weighted by molar-refractivity contribution is -0.272. The number of carbonyl (C=O) groups excluding carboxylic acids is 1. The number of nitrogens with one attached hydrogen (secondary N) is 1. The minimum atomic E-state index is -5.74. The Morgan fingerprint density at radius 3 is 2.25 bits per heavy atom. The molecule has 0 fully saturated rings. The zero-order valence-corrected chi connectivity index (χ0v) is 12.9. The van der Waals surface area contributed by atoms with Crippen molar-refractivity contribution < 1.29 is 31.1 Å². The van der Waals surface area contributed by atoms with Crippen molar-refractivity contribution in [3.8, 4) is 12.0 Å². The molecule has 0 atom stereocenters. The van der Waals surface area contributed by atoms with Crippen molar-refractivity contribution in [2.45, 2.75) is 38.0 Å². The van der Waals surface area contributed by atoms with Crippen LogP contribution in [0, 0.1) is 17.9 Å². The van der Waals surface area contributed by atoms with E-state index in [1.165, 1.54) is 0 Å². The van der Waals surface area contributed by atoms with E-state index in [4.69, 9.17) is 5.73 Å². The highest BCUT2D eigenvalue weighted by Crippen LogP contribution is 2.42. The summed E-state index contributed by atoms with van der Waals surface area (Å²) in [5, 5.41) is 1.63. The molecule has 1 amide bonds. The second-order valence-electron chi connectivity index (χ2n) is 5.19. The predicted molar refractivity (Wildman–Crippen MR) is 76.3 cm³/mol. The first-order chi connectivity index (χ1) is 11.1. The molecule has 3 nitrogen and oxygen atoms in total. The van der Waals surface area contributed by atoms with Crippen LogP contribution in [0.3, 0.4) is 0 Å². The molecule has 1 aromatic rings. The van der Waals surface area contributed by atoms with Crippen LogP contribution < -0.4 is 11.1 Å². The molecule has 1 aromatic heterocycles. The number of carbonyl (C=O) groups is 1. The molecule has 0 bridgehead atoms. The minimum absolute atomic E-state index is 0.122. The van der Waals surface area contributed by atoms with Gasteiger partial charge in [0.25, 0.3) is 0 Å². The van der Waals surface area contributed by atoms with Gasteiger partial charge in [0.2, 0.25) is 11.8 Å². The molecule has 0 unspecified atom stereocenters. The van der Waals surface area contributed by atoms with Crippen LogP contribution in [0.25, 0.3) is 0 Å². The third-order valence-electron chi connectivity index (χ3n) is 3.52.